The summed E-state index contributed by atoms with van der Waals surface area (Å²) in [5, 5.41) is 3.43. The van der Waals surface area contributed by atoms with E-state index in [2.05, 4.69) is 55.0 Å². The van der Waals surface area contributed by atoms with Crippen LogP contribution in [0.5, 0.6) is 0 Å². The minimum atomic E-state index is 0.0975. The summed E-state index contributed by atoms with van der Waals surface area (Å²) in [4.78, 5) is 9.16. The zero-order chi connectivity index (χ0) is 14.8. The predicted molar refractivity (Wildman–Crippen MR) is 82.0 cm³/mol. The average molecular weight is 280 g/mol. The van der Waals surface area contributed by atoms with Gasteiger partial charge >= 0.3 is 0 Å². The highest BCUT2D eigenvalue weighted by Gasteiger charge is 2.24. The Hall–Kier alpha value is -1.07. The Labute approximate surface area is 122 Å². The molecule has 0 aliphatic carbocycles. The molecule has 0 saturated carbocycles. The number of hydrogen-bond acceptors (Lipinski definition) is 5. The molecule has 5 heteroatoms. The first-order valence-electron chi connectivity index (χ1n) is 7.46. The van der Waals surface area contributed by atoms with Crippen molar-refractivity contribution in [2.75, 3.05) is 32.1 Å². The number of anilines is 1. The normalized spacial score (nSPS) is 20.7. The second kappa shape index (κ2) is 6.14. The second-order valence-corrected chi connectivity index (χ2v) is 6.93. The summed E-state index contributed by atoms with van der Waals surface area (Å²) in [5.74, 6) is 0. The third kappa shape index (κ3) is 4.21. The zero-order valence-corrected chi connectivity index (χ0v) is 13.4. The first kappa shape index (κ1) is 15.3. The SMILES string of the molecule is CN(C)C1CCCN(c2nc(CNC(C)(C)C)co2)C1. The molecule has 1 aliphatic rings. The Bertz CT molecular complexity index is 422. The van der Waals surface area contributed by atoms with Crippen LogP contribution >= 0.6 is 0 Å². The topological polar surface area (TPSA) is 44.5 Å². The molecule has 1 aromatic heterocycles. The van der Waals surface area contributed by atoms with Gasteiger partial charge in [-0.25, -0.2) is 0 Å². The van der Waals surface area contributed by atoms with Gasteiger partial charge in [-0.1, -0.05) is 0 Å². The Morgan fingerprint density at radius 1 is 1.45 bits per heavy atom. The van der Waals surface area contributed by atoms with Gasteiger partial charge in [-0.3, -0.25) is 0 Å². The van der Waals surface area contributed by atoms with Gasteiger partial charge < -0.3 is 19.5 Å². The number of nitrogens with zero attached hydrogens (tertiary/aromatic N) is 3. The standard InChI is InChI=1S/C15H28N4O/c1-15(2,3)16-9-12-11-20-14(17-12)19-8-6-7-13(10-19)18(4)5/h11,13,16H,6-10H2,1-5H3. The third-order valence-corrected chi connectivity index (χ3v) is 3.74. The van der Waals surface area contributed by atoms with E-state index in [4.69, 9.17) is 4.42 Å². The first-order chi connectivity index (χ1) is 9.35. The summed E-state index contributed by atoms with van der Waals surface area (Å²) >= 11 is 0. The van der Waals surface area contributed by atoms with Crippen LogP contribution in [0.1, 0.15) is 39.3 Å². The van der Waals surface area contributed by atoms with E-state index in [1.165, 1.54) is 12.8 Å². The van der Waals surface area contributed by atoms with Crippen molar-refractivity contribution in [3.63, 3.8) is 0 Å². The molecule has 114 valence electrons. The molecular formula is C15H28N4O. The van der Waals surface area contributed by atoms with Crippen LogP contribution in [-0.4, -0.2) is 48.6 Å². The van der Waals surface area contributed by atoms with Crippen molar-refractivity contribution in [1.82, 2.24) is 15.2 Å². The number of likely N-dealkylation sites (N-methyl/N-ethyl adjacent to an activating group) is 1. The minimum Gasteiger partial charge on any atom is -0.432 e. The first-order valence-corrected chi connectivity index (χ1v) is 7.46. The van der Waals surface area contributed by atoms with Crippen LogP contribution in [0.4, 0.5) is 6.01 Å². The Morgan fingerprint density at radius 2 is 2.20 bits per heavy atom. The lowest BCUT2D eigenvalue weighted by Crippen LogP contribution is -2.45. The molecule has 1 atom stereocenters. The second-order valence-electron chi connectivity index (χ2n) is 6.93. The fourth-order valence-corrected chi connectivity index (χ4v) is 2.43. The molecule has 0 spiro atoms. The van der Waals surface area contributed by atoms with E-state index < -0.39 is 0 Å². The van der Waals surface area contributed by atoms with Gasteiger partial charge in [0.1, 0.15) is 6.26 Å². The van der Waals surface area contributed by atoms with Crippen molar-refractivity contribution in [3.05, 3.63) is 12.0 Å². The van der Waals surface area contributed by atoms with Crippen molar-refractivity contribution in [1.29, 1.82) is 0 Å². The number of nitrogens with one attached hydrogen (secondary N) is 1. The molecule has 20 heavy (non-hydrogen) atoms. The van der Waals surface area contributed by atoms with Crippen LogP contribution < -0.4 is 10.2 Å². The molecular weight excluding hydrogens is 252 g/mol. The maximum Gasteiger partial charge on any atom is 0.297 e. The quantitative estimate of drug-likeness (QED) is 0.915. The fraction of sp³-hybridized carbons (Fsp3) is 0.800. The fourth-order valence-electron chi connectivity index (χ4n) is 2.43. The maximum atomic E-state index is 5.65. The summed E-state index contributed by atoms with van der Waals surface area (Å²) in [6, 6.07) is 1.36. The van der Waals surface area contributed by atoms with E-state index in [-0.39, 0.29) is 5.54 Å². The molecule has 1 N–H and O–H groups in total. The summed E-state index contributed by atoms with van der Waals surface area (Å²) in [5.41, 5.74) is 1.07. The molecule has 2 rings (SSSR count). The lowest BCUT2D eigenvalue weighted by atomic mass is 10.1. The van der Waals surface area contributed by atoms with Crippen LogP contribution in [0, 0.1) is 0 Å². The molecule has 1 aromatic rings. The molecule has 1 aliphatic heterocycles. The largest absolute Gasteiger partial charge is 0.432 e. The average Bonchev–Trinajstić information content (AvgIpc) is 2.84. The molecule has 0 amide bonds. The van der Waals surface area contributed by atoms with Crippen molar-refractivity contribution in [2.24, 2.45) is 0 Å². The highest BCUT2D eigenvalue weighted by Crippen LogP contribution is 2.21. The molecule has 0 aromatic carbocycles. The Kier molecular flexibility index (Phi) is 4.70. The van der Waals surface area contributed by atoms with Crippen molar-refractivity contribution in [3.8, 4) is 0 Å². The van der Waals surface area contributed by atoms with Crippen LogP contribution in [0.15, 0.2) is 10.7 Å². The summed E-state index contributed by atoms with van der Waals surface area (Å²) in [6.45, 7) is 9.25. The highest BCUT2D eigenvalue weighted by molar-refractivity contribution is 5.28. The molecule has 5 nitrogen and oxygen atoms in total. The van der Waals surface area contributed by atoms with Crippen molar-refractivity contribution >= 4 is 6.01 Å². The molecule has 0 bridgehead atoms. The van der Waals surface area contributed by atoms with E-state index in [9.17, 15) is 0 Å². The summed E-state index contributed by atoms with van der Waals surface area (Å²) in [7, 11) is 4.28. The van der Waals surface area contributed by atoms with Gasteiger partial charge in [-0.2, -0.15) is 4.98 Å². The lowest BCUT2D eigenvalue weighted by Gasteiger charge is -2.35. The number of rotatable bonds is 4. The molecule has 1 fully saturated rings. The zero-order valence-electron chi connectivity index (χ0n) is 13.4. The number of piperidine rings is 1. The predicted octanol–water partition coefficient (Wildman–Crippen LogP) is 2.09. The number of oxazole rings is 1. The van der Waals surface area contributed by atoms with E-state index in [1.807, 2.05) is 0 Å². The number of hydrogen-bond donors (Lipinski definition) is 1. The van der Waals surface area contributed by atoms with Crippen LogP contribution in [-0.2, 0) is 6.54 Å². The summed E-state index contributed by atoms with van der Waals surface area (Å²) in [6.07, 6.45) is 4.22. The molecule has 0 radical (unpaired) electrons. The van der Waals surface area contributed by atoms with Gasteiger partial charge in [0.25, 0.3) is 6.01 Å². The lowest BCUT2D eigenvalue weighted by molar-refractivity contribution is 0.253. The van der Waals surface area contributed by atoms with Crippen molar-refractivity contribution in [2.45, 2.75) is 51.7 Å². The maximum absolute atomic E-state index is 5.65. The van der Waals surface area contributed by atoms with Crippen LogP contribution in [0.3, 0.4) is 0 Å². The van der Waals surface area contributed by atoms with Crippen LogP contribution in [0.25, 0.3) is 0 Å². The molecule has 1 saturated heterocycles. The molecule has 2 heterocycles. The Morgan fingerprint density at radius 3 is 2.85 bits per heavy atom. The van der Waals surface area contributed by atoms with E-state index in [1.54, 1.807) is 6.26 Å². The van der Waals surface area contributed by atoms with Gasteiger partial charge in [-0.05, 0) is 47.7 Å². The van der Waals surface area contributed by atoms with E-state index in [0.717, 1.165) is 31.3 Å². The van der Waals surface area contributed by atoms with Gasteiger partial charge in [0, 0.05) is 31.2 Å². The van der Waals surface area contributed by atoms with Gasteiger partial charge in [0.15, 0.2) is 0 Å². The highest BCUT2D eigenvalue weighted by atomic mass is 16.4. The summed E-state index contributed by atoms with van der Waals surface area (Å²) < 4.78 is 5.65. The minimum absolute atomic E-state index is 0.0975. The Balaban J connectivity index is 1.94. The van der Waals surface area contributed by atoms with Crippen molar-refractivity contribution < 1.29 is 4.42 Å². The third-order valence-electron chi connectivity index (χ3n) is 3.74. The van der Waals surface area contributed by atoms with Gasteiger partial charge in [-0.15, -0.1) is 0 Å². The smallest absolute Gasteiger partial charge is 0.297 e. The van der Waals surface area contributed by atoms with Crippen LogP contribution in [0.2, 0.25) is 0 Å². The van der Waals surface area contributed by atoms with Gasteiger partial charge in [0.2, 0.25) is 0 Å². The molecule has 1 unspecified atom stereocenters. The van der Waals surface area contributed by atoms with E-state index >= 15 is 0 Å². The monoisotopic (exact) mass is 280 g/mol. The number of aromatic nitrogens is 1. The van der Waals surface area contributed by atoms with Gasteiger partial charge in [0.05, 0.1) is 5.69 Å². The van der Waals surface area contributed by atoms with E-state index in [0.29, 0.717) is 6.04 Å².